The first-order chi connectivity index (χ1) is 3.68. The first kappa shape index (κ1) is 7.23. The highest BCUT2D eigenvalue weighted by Gasteiger charge is 2.02. The van der Waals surface area contributed by atoms with Crippen LogP contribution in [0, 0.1) is 0 Å². The van der Waals surface area contributed by atoms with Crippen LogP contribution in [0.15, 0.2) is 0 Å². The van der Waals surface area contributed by atoms with Crippen LogP contribution in [0.1, 0.15) is 6.92 Å². The number of nitrogens with zero attached hydrogens (tertiary/aromatic N) is 1. The first-order valence-corrected chi connectivity index (χ1v) is 2.27. The molecule has 0 radical (unpaired) electrons. The highest BCUT2D eigenvalue weighted by molar-refractivity contribution is 5.65. The van der Waals surface area contributed by atoms with Crippen molar-refractivity contribution in [2.75, 3.05) is 13.7 Å². The topological polar surface area (TPSA) is 49.8 Å². The molecule has 0 saturated heterocycles. The SMILES string of the molecule is CCOC(=O)N(C)O. The van der Waals surface area contributed by atoms with Crippen molar-refractivity contribution in [3.8, 4) is 0 Å². The molecular formula is C4H9NO3. The minimum atomic E-state index is -0.729. The van der Waals surface area contributed by atoms with Gasteiger partial charge in [-0.25, -0.2) is 4.79 Å². The monoisotopic (exact) mass is 119 g/mol. The highest BCUT2D eigenvalue weighted by atomic mass is 16.6. The van der Waals surface area contributed by atoms with Gasteiger partial charge in [0.1, 0.15) is 0 Å². The van der Waals surface area contributed by atoms with Crippen molar-refractivity contribution in [2.45, 2.75) is 6.92 Å². The number of hydroxylamine groups is 2. The van der Waals surface area contributed by atoms with E-state index >= 15 is 0 Å². The molecule has 1 amide bonds. The maximum absolute atomic E-state index is 10.2. The van der Waals surface area contributed by atoms with E-state index in [9.17, 15) is 4.79 Å². The van der Waals surface area contributed by atoms with Crippen molar-refractivity contribution < 1.29 is 14.7 Å². The van der Waals surface area contributed by atoms with Gasteiger partial charge < -0.3 is 4.74 Å². The van der Waals surface area contributed by atoms with Gasteiger partial charge >= 0.3 is 6.09 Å². The van der Waals surface area contributed by atoms with Gasteiger partial charge in [0.2, 0.25) is 0 Å². The van der Waals surface area contributed by atoms with Crippen molar-refractivity contribution in [1.82, 2.24) is 5.06 Å². The Bertz CT molecular complexity index is 81.4. The van der Waals surface area contributed by atoms with Crippen LogP contribution in [0.4, 0.5) is 4.79 Å². The zero-order valence-electron chi connectivity index (χ0n) is 4.92. The lowest BCUT2D eigenvalue weighted by Crippen LogP contribution is -2.23. The molecular weight excluding hydrogens is 110 g/mol. The summed E-state index contributed by atoms with van der Waals surface area (Å²) < 4.78 is 4.34. The Morgan fingerprint density at radius 1 is 1.88 bits per heavy atom. The molecule has 0 fully saturated rings. The molecule has 0 aliphatic carbocycles. The molecule has 1 N–H and O–H groups in total. The Morgan fingerprint density at radius 2 is 2.38 bits per heavy atom. The zero-order valence-corrected chi connectivity index (χ0v) is 4.92. The predicted molar refractivity (Wildman–Crippen MR) is 26.6 cm³/mol. The average molecular weight is 119 g/mol. The molecule has 4 nitrogen and oxygen atoms in total. The Morgan fingerprint density at radius 3 is 2.50 bits per heavy atom. The van der Waals surface area contributed by atoms with Gasteiger partial charge in [0.05, 0.1) is 6.61 Å². The van der Waals surface area contributed by atoms with Gasteiger partial charge in [0, 0.05) is 7.05 Å². The summed E-state index contributed by atoms with van der Waals surface area (Å²) in [5.74, 6) is 0. The third-order valence-corrected chi connectivity index (χ3v) is 0.532. The number of amides is 1. The number of ether oxygens (including phenoxy) is 1. The summed E-state index contributed by atoms with van der Waals surface area (Å²) in [6, 6.07) is 0. The van der Waals surface area contributed by atoms with E-state index in [1.165, 1.54) is 7.05 Å². The van der Waals surface area contributed by atoms with Crippen molar-refractivity contribution >= 4 is 6.09 Å². The summed E-state index contributed by atoms with van der Waals surface area (Å²) in [7, 11) is 1.21. The fourth-order valence-corrected chi connectivity index (χ4v) is 0.217. The van der Waals surface area contributed by atoms with E-state index in [-0.39, 0.29) is 6.61 Å². The maximum atomic E-state index is 10.2. The highest BCUT2D eigenvalue weighted by Crippen LogP contribution is 1.82. The minimum Gasteiger partial charge on any atom is -0.448 e. The molecule has 0 saturated carbocycles. The van der Waals surface area contributed by atoms with Crippen LogP contribution in [-0.2, 0) is 4.74 Å². The Hall–Kier alpha value is -0.770. The van der Waals surface area contributed by atoms with Gasteiger partial charge in [-0.1, -0.05) is 0 Å². The van der Waals surface area contributed by atoms with Gasteiger partial charge in [-0.15, -0.1) is 0 Å². The fourth-order valence-electron chi connectivity index (χ4n) is 0.217. The van der Waals surface area contributed by atoms with E-state index in [0.717, 1.165) is 0 Å². The van der Waals surface area contributed by atoms with Crippen LogP contribution in [0.2, 0.25) is 0 Å². The molecule has 48 valence electrons. The number of hydrogen-bond acceptors (Lipinski definition) is 3. The number of hydrogen-bond donors (Lipinski definition) is 1. The molecule has 0 aliphatic rings. The van der Waals surface area contributed by atoms with E-state index < -0.39 is 6.09 Å². The van der Waals surface area contributed by atoms with Gasteiger partial charge in [-0.05, 0) is 6.92 Å². The second kappa shape index (κ2) is 3.26. The van der Waals surface area contributed by atoms with Crippen LogP contribution >= 0.6 is 0 Å². The van der Waals surface area contributed by atoms with Gasteiger partial charge in [0.15, 0.2) is 0 Å². The van der Waals surface area contributed by atoms with E-state index in [1.807, 2.05) is 0 Å². The van der Waals surface area contributed by atoms with Gasteiger partial charge in [-0.2, -0.15) is 5.06 Å². The lowest BCUT2D eigenvalue weighted by molar-refractivity contribution is -0.0517. The minimum absolute atomic E-state index is 0.281. The molecule has 8 heavy (non-hydrogen) atoms. The summed E-state index contributed by atoms with van der Waals surface area (Å²) >= 11 is 0. The largest absolute Gasteiger partial charge is 0.448 e. The van der Waals surface area contributed by atoms with Gasteiger partial charge in [0.25, 0.3) is 0 Å². The molecule has 0 aromatic rings. The summed E-state index contributed by atoms with van der Waals surface area (Å²) in [6.45, 7) is 1.95. The lowest BCUT2D eigenvalue weighted by Gasteiger charge is -2.05. The molecule has 0 atom stereocenters. The molecule has 0 bridgehead atoms. The Labute approximate surface area is 47.6 Å². The van der Waals surface area contributed by atoms with Crippen LogP contribution in [0.5, 0.6) is 0 Å². The molecule has 0 rings (SSSR count). The van der Waals surface area contributed by atoms with Crippen molar-refractivity contribution in [2.24, 2.45) is 0 Å². The zero-order chi connectivity index (χ0) is 6.57. The summed E-state index contributed by atoms with van der Waals surface area (Å²) in [5.41, 5.74) is 0. The Balaban J connectivity index is 3.33. The quantitative estimate of drug-likeness (QED) is 0.403. The average Bonchev–Trinajstić information content (AvgIpc) is 1.67. The molecule has 0 spiro atoms. The summed E-state index contributed by atoms with van der Waals surface area (Å²) in [4.78, 5) is 10.2. The third kappa shape index (κ3) is 2.41. The van der Waals surface area contributed by atoms with E-state index in [1.54, 1.807) is 6.92 Å². The van der Waals surface area contributed by atoms with E-state index in [0.29, 0.717) is 5.06 Å². The second-order valence-corrected chi connectivity index (χ2v) is 1.22. The van der Waals surface area contributed by atoms with Crippen molar-refractivity contribution in [3.05, 3.63) is 0 Å². The number of rotatable bonds is 1. The molecule has 0 heterocycles. The molecule has 0 aromatic heterocycles. The fraction of sp³-hybridized carbons (Fsp3) is 0.750. The second-order valence-electron chi connectivity index (χ2n) is 1.22. The molecule has 0 aliphatic heterocycles. The molecule has 0 aromatic carbocycles. The van der Waals surface area contributed by atoms with E-state index in [4.69, 9.17) is 5.21 Å². The molecule has 4 heteroatoms. The normalized spacial score (nSPS) is 8.38. The third-order valence-electron chi connectivity index (χ3n) is 0.532. The first-order valence-electron chi connectivity index (χ1n) is 2.27. The lowest BCUT2D eigenvalue weighted by atomic mass is 10.9. The van der Waals surface area contributed by atoms with Crippen LogP contribution < -0.4 is 0 Å². The van der Waals surface area contributed by atoms with Gasteiger partial charge in [-0.3, -0.25) is 5.21 Å². The smallest absolute Gasteiger partial charge is 0.433 e. The van der Waals surface area contributed by atoms with Crippen molar-refractivity contribution in [3.63, 3.8) is 0 Å². The van der Waals surface area contributed by atoms with Crippen LogP contribution in [0.25, 0.3) is 0 Å². The summed E-state index contributed by atoms with van der Waals surface area (Å²) in [6.07, 6.45) is -0.729. The maximum Gasteiger partial charge on any atom is 0.433 e. The van der Waals surface area contributed by atoms with Crippen LogP contribution in [-0.4, -0.2) is 30.0 Å². The van der Waals surface area contributed by atoms with E-state index in [2.05, 4.69) is 4.74 Å². The standard InChI is InChI=1S/C4H9NO3/c1-3-8-4(6)5(2)7/h7H,3H2,1-2H3. The summed E-state index contributed by atoms with van der Waals surface area (Å²) in [5, 5.41) is 8.70. The Kier molecular flexibility index (Phi) is 2.95. The predicted octanol–water partition coefficient (Wildman–Crippen LogP) is 0.464. The molecule has 0 unspecified atom stereocenters. The number of carbonyl (C=O) groups is 1. The number of carbonyl (C=O) groups excluding carboxylic acids is 1. The van der Waals surface area contributed by atoms with Crippen molar-refractivity contribution in [1.29, 1.82) is 0 Å². The van der Waals surface area contributed by atoms with Crippen LogP contribution in [0.3, 0.4) is 0 Å².